The number of rotatable bonds is 22. The number of quaternary nitrogens is 1. The van der Waals surface area contributed by atoms with Crippen LogP contribution in [-0.2, 0) is 0 Å². The number of halogens is 1. The van der Waals surface area contributed by atoms with Crippen LogP contribution in [0.3, 0.4) is 0 Å². The molecule has 0 saturated heterocycles. The topological polar surface area (TPSA) is 0 Å². The van der Waals surface area contributed by atoms with Crippen molar-refractivity contribution in [1.82, 2.24) is 0 Å². The Hall–Kier alpha value is 0.250. The normalized spacial score (nSPS) is 12.7. The minimum absolute atomic E-state index is 0. The molecule has 0 amide bonds. The average molecular weight is 432 g/mol. The van der Waals surface area contributed by atoms with Gasteiger partial charge < -0.3 is 16.9 Å². The Kier molecular flexibility index (Phi) is 24.9. The fourth-order valence-electron chi connectivity index (χ4n) is 4.26. The van der Waals surface area contributed by atoms with E-state index < -0.39 is 0 Å². The summed E-state index contributed by atoms with van der Waals surface area (Å²) in [6, 6.07) is 0. The molecule has 0 fully saturated rings. The summed E-state index contributed by atoms with van der Waals surface area (Å²) in [5.74, 6) is 0.966. The van der Waals surface area contributed by atoms with Crippen LogP contribution in [0, 0.1) is 5.92 Å². The number of unbranched alkanes of at least 4 members (excludes halogenated alkanes) is 16. The van der Waals surface area contributed by atoms with Crippen LogP contribution in [0.25, 0.3) is 0 Å². The van der Waals surface area contributed by atoms with Gasteiger partial charge in [0.05, 0.1) is 27.7 Å². The zero-order valence-electron chi connectivity index (χ0n) is 21.3. The summed E-state index contributed by atoms with van der Waals surface area (Å²) in [6.07, 6.45) is 29.2. The standard InChI is InChI=1S/C27H58N.ClH/c1-6-7-8-9-18-21-24-27(2)25-22-19-16-14-12-10-11-13-15-17-20-23-26-28(3,4)5;/h27H,6-26H2,1-5H3;1H/q+1;/p-1. The van der Waals surface area contributed by atoms with E-state index >= 15 is 0 Å². The van der Waals surface area contributed by atoms with Crippen LogP contribution in [0.4, 0.5) is 0 Å². The first kappa shape index (κ1) is 31.4. The molecule has 0 bridgehead atoms. The van der Waals surface area contributed by atoms with Crippen LogP contribution in [0.2, 0.25) is 0 Å². The summed E-state index contributed by atoms with van der Waals surface area (Å²) >= 11 is 0. The average Bonchev–Trinajstić information content (AvgIpc) is 2.64. The van der Waals surface area contributed by atoms with Crippen LogP contribution < -0.4 is 12.4 Å². The largest absolute Gasteiger partial charge is 1.00 e. The van der Waals surface area contributed by atoms with Crippen LogP contribution in [-0.4, -0.2) is 32.2 Å². The van der Waals surface area contributed by atoms with Crippen LogP contribution >= 0.6 is 0 Å². The van der Waals surface area contributed by atoms with Gasteiger partial charge in [-0.1, -0.05) is 129 Å². The molecule has 0 rings (SSSR count). The fourth-order valence-corrected chi connectivity index (χ4v) is 4.26. The Labute approximate surface area is 192 Å². The molecule has 1 unspecified atom stereocenters. The highest BCUT2D eigenvalue weighted by Crippen LogP contribution is 2.19. The number of hydrogen-bond donors (Lipinski definition) is 0. The first-order valence-corrected chi connectivity index (χ1v) is 13.3. The van der Waals surface area contributed by atoms with Crippen molar-refractivity contribution >= 4 is 0 Å². The molecule has 0 spiro atoms. The molecule has 0 aromatic rings. The number of hydrogen-bond acceptors (Lipinski definition) is 0. The molecule has 1 nitrogen and oxygen atoms in total. The van der Waals surface area contributed by atoms with Crippen molar-refractivity contribution in [2.24, 2.45) is 5.92 Å². The van der Waals surface area contributed by atoms with Crippen LogP contribution in [0.1, 0.15) is 142 Å². The highest BCUT2D eigenvalue weighted by Gasteiger charge is 2.05. The van der Waals surface area contributed by atoms with E-state index in [1.165, 1.54) is 135 Å². The lowest BCUT2D eigenvalue weighted by molar-refractivity contribution is -0.870. The molecule has 0 aliphatic heterocycles. The minimum atomic E-state index is 0. The van der Waals surface area contributed by atoms with E-state index in [4.69, 9.17) is 0 Å². The Morgan fingerprint density at radius 3 is 1.14 bits per heavy atom. The molecule has 2 heteroatoms. The molecule has 29 heavy (non-hydrogen) atoms. The van der Waals surface area contributed by atoms with E-state index in [1.54, 1.807) is 0 Å². The Balaban J connectivity index is 0. The molecular formula is C27H58ClN. The Bertz CT molecular complexity index is 297. The Morgan fingerprint density at radius 2 is 0.793 bits per heavy atom. The van der Waals surface area contributed by atoms with Crippen molar-refractivity contribution in [2.45, 2.75) is 142 Å². The van der Waals surface area contributed by atoms with E-state index in [2.05, 4.69) is 35.0 Å². The minimum Gasteiger partial charge on any atom is -1.00 e. The van der Waals surface area contributed by atoms with Crippen molar-refractivity contribution in [3.05, 3.63) is 0 Å². The summed E-state index contributed by atoms with van der Waals surface area (Å²) in [5.41, 5.74) is 0. The first-order chi connectivity index (χ1) is 13.5. The lowest BCUT2D eigenvalue weighted by Gasteiger charge is -2.23. The Morgan fingerprint density at radius 1 is 0.483 bits per heavy atom. The third-order valence-electron chi connectivity index (χ3n) is 6.33. The zero-order chi connectivity index (χ0) is 20.9. The van der Waals surface area contributed by atoms with Gasteiger partial charge in [-0.2, -0.15) is 0 Å². The summed E-state index contributed by atoms with van der Waals surface area (Å²) in [5, 5.41) is 0. The van der Waals surface area contributed by atoms with Gasteiger partial charge in [0.15, 0.2) is 0 Å². The summed E-state index contributed by atoms with van der Waals surface area (Å²) in [6.45, 7) is 6.12. The van der Waals surface area contributed by atoms with Gasteiger partial charge in [0, 0.05) is 0 Å². The van der Waals surface area contributed by atoms with Crippen molar-refractivity contribution in [3.8, 4) is 0 Å². The van der Waals surface area contributed by atoms with E-state index in [9.17, 15) is 0 Å². The van der Waals surface area contributed by atoms with E-state index in [0.29, 0.717) is 0 Å². The van der Waals surface area contributed by atoms with Crippen molar-refractivity contribution in [1.29, 1.82) is 0 Å². The van der Waals surface area contributed by atoms with Crippen LogP contribution in [0.5, 0.6) is 0 Å². The molecule has 0 radical (unpaired) electrons. The third-order valence-corrected chi connectivity index (χ3v) is 6.33. The van der Waals surface area contributed by atoms with Gasteiger partial charge in [-0.3, -0.25) is 0 Å². The first-order valence-electron chi connectivity index (χ1n) is 13.3. The molecule has 0 heterocycles. The lowest BCUT2D eigenvalue weighted by atomic mass is 9.96. The fraction of sp³-hybridized carbons (Fsp3) is 1.00. The maximum absolute atomic E-state index is 2.48. The molecule has 1 atom stereocenters. The summed E-state index contributed by atoms with van der Waals surface area (Å²) in [4.78, 5) is 0. The van der Waals surface area contributed by atoms with Gasteiger partial charge in [-0.05, 0) is 18.8 Å². The van der Waals surface area contributed by atoms with Crippen LogP contribution in [0.15, 0.2) is 0 Å². The molecule has 178 valence electrons. The second-order valence-electron chi connectivity index (χ2n) is 10.7. The monoisotopic (exact) mass is 431 g/mol. The maximum atomic E-state index is 2.48. The van der Waals surface area contributed by atoms with E-state index in [-0.39, 0.29) is 12.4 Å². The molecule has 0 aromatic carbocycles. The van der Waals surface area contributed by atoms with Gasteiger partial charge in [-0.25, -0.2) is 0 Å². The van der Waals surface area contributed by atoms with E-state index in [1.807, 2.05) is 0 Å². The molecule has 0 aliphatic rings. The van der Waals surface area contributed by atoms with Gasteiger partial charge in [0.1, 0.15) is 0 Å². The van der Waals surface area contributed by atoms with Crippen molar-refractivity contribution in [2.75, 3.05) is 27.7 Å². The van der Waals surface area contributed by atoms with Gasteiger partial charge in [0.25, 0.3) is 0 Å². The van der Waals surface area contributed by atoms with Gasteiger partial charge in [0.2, 0.25) is 0 Å². The molecular weight excluding hydrogens is 374 g/mol. The predicted molar refractivity (Wildman–Crippen MR) is 130 cm³/mol. The van der Waals surface area contributed by atoms with E-state index in [0.717, 1.165) is 10.4 Å². The zero-order valence-corrected chi connectivity index (χ0v) is 22.0. The highest BCUT2D eigenvalue weighted by molar-refractivity contribution is 4.56. The SMILES string of the molecule is CCCCCCCCC(C)CCCCCCCCCCCCCC[N+](C)(C)C.[Cl-]. The second kappa shape index (κ2) is 22.9. The smallest absolute Gasteiger partial charge is 0.0780 e. The van der Waals surface area contributed by atoms with Crippen molar-refractivity contribution in [3.63, 3.8) is 0 Å². The molecule has 0 aromatic heterocycles. The lowest BCUT2D eigenvalue weighted by Crippen LogP contribution is -3.00. The number of nitrogens with zero attached hydrogens (tertiary/aromatic N) is 1. The summed E-state index contributed by atoms with van der Waals surface area (Å²) < 4.78 is 1.12. The quantitative estimate of drug-likeness (QED) is 0.142. The predicted octanol–water partition coefficient (Wildman–Crippen LogP) is 6.15. The van der Waals surface area contributed by atoms with Gasteiger partial charge >= 0.3 is 0 Å². The molecule has 0 saturated carbocycles. The third kappa shape index (κ3) is 28.2. The second-order valence-corrected chi connectivity index (χ2v) is 10.7. The highest BCUT2D eigenvalue weighted by atomic mass is 35.5. The molecule has 0 aliphatic carbocycles. The molecule has 0 N–H and O–H groups in total. The summed E-state index contributed by atoms with van der Waals surface area (Å²) in [7, 11) is 6.91. The van der Waals surface area contributed by atoms with Gasteiger partial charge in [-0.15, -0.1) is 0 Å². The van der Waals surface area contributed by atoms with Crippen molar-refractivity contribution < 1.29 is 16.9 Å². The maximum Gasteiger partial charge on any atom is 0.0780 e.